The molecule has 0 bridgehead atoms. The molecule has 0 aromatic heterocycles. The van der Waals surface area contributed by atoms with Crippen molar-refractivity contribution in [1.29, 1.82) is 0 Å². The minimum atomic E-state index is 0.775. The van der Waals surface area contributed by atoms with Gasteiger partial charge in [0.1, 0.15) is 0 Å². The summed E-state index contributed by atoms with van der Waals surface area (Å²) in [6.07, 6.45) is 18.3. The van der Waals surface area contributed by atoms with Gasteiger partial charge in [-0.05, 0) is 63.7 Å². The van der Waals surface area contributed by atoms with Gasteiger partial charge in [-0.2, -0.15) is 0 Å². The van der Waals surface area contributed by atoms with Gasteiger partial charge in [0, 0.05) is 13.1 Å². The summed E-state index contributed by atoms with van der Waals surface area (Å²) in [7, 11) is 0. The first-order valence-electron chi connectivity index (χ1n) is 11.4. The summed E-state index contributed by atoms with van der Waals surface area (Å²) in [4.78, 5) is 2.64. The molecule has 0 saturated carbocycles. The highest BCUT2D eigenvalue weighted by atomic mass is 15.1. The molecule has 1 rings (SSSR count). The minimum Gasteiger partial charge on any atom is -0.316 e. The predicted octanol–water partition coefficient (Wildman–Crippen LogP) is 6.34. The van der Waals surface area contributed by atoms with Crippen LogP contribution >= 0.6 is 0 Å². The van der Waals surface area contributed by atoms with E-state index in [1.807, 2.05) is 0 Å². The zero-order valence-corrected chi connectivity index (χ0v) is 18.3. The molecule has 2 nitrogen and oxygen atoms in total. The van der Waals surface area contributed by atoms with Crippen LogP contribution in [0.5, 0.6) is 0 Å². The van der Waals surface area contributed by atoms with Gasteiger partial charge in [-0.1, -0.05) is 77.0 Å². The Hall–Kier alpha value is -0.600. The number of nitrogens with zero attached hydrogens (tertiary/aromatic N) is 1. The molecular weight excluding hydrogens is 316 g/mol. The fourth-order valence-corrected chi connectivity index (χ4v) is 3.80. The van der Waals surface area contributed by atoms with E-state index in [-0.39, 0.29) is 0 Å². The Morgan fingerprint density at radius 1 is 1.04 bits per heavy atom. The van der Waals surface area contributed by atoms with E-state index in [0.29, 0.717) is 0 Å². The molecule has 1 unspecified atom stereocenters. The lowest BCUT2D eigenvalue weighted by Crippen LogP contribution is -2.31. The third-order valence-corrected chi connectivity index (χ3v) is 5.40. The van der Waals surface area contributed by atoms with Crippen LogP contribution < -0.4 is 5.32 Å². The number of allylic oxidation sites excluding steroid dienone is 1. The molecule has 2 heteroatoms. The van der Waals surface area contributed by atoms with Crippen molar-refractivity contribution in [3.8, 4) is 0 Å². The summed E-state index contributed by atoms with van der Waals surface area (Å²) in [6, 6.07) is 0. The zero-order valence-electron chi connectivity index (χ0n) is 18.3. The fourth-order valence-electron chi connectivity index (χ4n) is 3.80. The average Bonchev–Trinajstić information content (AvgIpc) is 2.61. The summed E-state index contributed by atoms with van der Waals surface area (Å²) in [5.74, 6) is 0.775. The van der Waals surface area contributed by atoms with Gasteiger partial charge in [0.25, 0.3) is 0 Å². The largest absolute Gasteiger partial charge is 0.316 e. The van der Waals surface area contributed by atoms with E-state index in [1.165, 1.54) is 96.0 Å². The molecule has 1 aliphatic rings. The van der Waals surface area contributed by atoms with E-state index in [2.05, 4.69) is 50.1 Å². The first-order chi connectivity index (χ1) is 12.7. The number of rotatable bonds is 15. The van der Waals surface area contributed by atoms with E-state index < -0.39 is 0 Å². The van der Waals surface area contributed by atoms with Crippen molar-refractivity contribution in [2.45, 2.75) is 91.9 Å². The Morgan fingerprint density at radius 3 is 2.50 bits per heavy atom. The van der Waals surface area contributed by atoms with Crippen LogP contribution in [0.1, 0.15) is 91.9 Å². The fraction of sp³-hybridized carbons (Fsp3) is 0.833. The molecule has 1 aliphatic heterocycles. The highest BCUT2D eigenvalue weighted by Crippen LogP contribution is 2.17. The van der Waals surface area contributed by atoms with Gasteiger partial charge in [-0.25, -0.2) is 0 Å². The van der Waals surface area contributed by atoms with Crippen LogP contribution in [0.4, 0.5) is 0 Å². The van der Waals surface area contributed by atoms with Gasteiger partial charge in [-0.3, -0.25) is 4.90 Å². The summed E-state index contributed by atoms with van der Waals surface area (Å²) in [5, 5.41) is 3.64. The lowest BCUT2D eigenvalue weighted by Gasteiger charge is -2.27. The third-order valence-electron chi connectivity index (χ3n) is 5.40. The third kappa shape index (κ3) is 11.9. The summed E-state index contributed by atoms with van der Waals surface area (Å²) in [5.41, 5.74) is 3.07. The van der Waals surface area contributed by atoms with Crippen molar-refractivity contribution >= 4 is 0 Å². The van der Waals surface area contributed by atoms with Gasteiger partial charge in [0.15, 0.2) is 0 Å². The molecule has 0 amide bonds. The Morgan fingerprint density at radius 2 is 1.77 bits per heavy atom. The Balaban J connectivity index is 2.19. The van der Waals surface area contributed by atoms with Crippen LogP contribution in [0.25, 0.3) is 0 Å². The molecule has 1 heterocycles. The number of hydrogen-bond donors (Lipinski definition) is 1. The molecule has 152 valence electrons. The molecule has 0 aliphatic carbocycles. The predicted molar refractivity (Wildman–Crippen MR) is 118 cm³/mol. The Bertz CT molecular complexity index is 397. The summed E-state index contributed by atoms with van der Waals surface area (Å²) >= 11 is 0. The van der Waals surface area contributed by atoms with E-state index in [0.717, 1.165) is 12.5 Å². The number of nitrogens with one attached hydrogen (secondary N) is 1. The second kappa shape index (κ2) is 15.5. The second-order valence-electron chi connectivity index (χ2n) is 8.49. The average molecular weight is 363 g/mol. The normalized spacial score (nSPS) is 18.3. The SMILES string of the molecule is CCCCCCNCC(C)CC/C=C1\C=C(C)CN(CCCCCC)C1. The standard InChI is InChI=1S/C24H46N2/c1-5-7-9-11-16-25-19-22(3)14-13-15-24-18-23(4)20-26(21-24)17-12-10-8-6-2/h15,18,22,25H,5-14,16-17,19-21H2,1-4H3/b24-15+. The van der Waals surface area contributed by atoms with Gasteiger partial charge < -0.3 is 5.32 Å². The van der Waals surface area contributed by atoms with Crippen molar-refractivity contribution < 1.29 is 0 Å². The van der Waals surface area contributed by atoms with Crippen LogP contribution in [0.2, 0.25) is 0 Å². The molecule has 26 heavy (non-hydrogen) atoms. The highest BCUT2D eigenvalue weighted by Gasteiger charge is 2.12. The molecule has 1 N–H and O–H groups in total. The highest BCUT2D eigenvalue weighted by molar-refractivity contribution is 5.28. The molecule has 1 atom stereocenters. The molecule has 0 radical (unpaired) electrons. The summed E-state index contributed by atoms with van der Waals surface area (Å²) < 4.78 is 0. The van der Waals surface area contributed by atoms with Gasteiger partial charge in [-0.15, -0.1) is 0 Å². The molecule has 0 aromatic rings. The summed E-state index contributed by atoms with van der Waals surface area (Å²) in [6.45, 7) is 15.2. The van der Waals surface area contributed by atoms with E-state index in [1.54, 1.807) is 5.57 Å². The van der Waals surface area contributed by atoms with Crippen LogP contribution in [0.15, 0.2) is 23.3 Å². The van der Waals surface area contributed by atoms with Crippen LogP contribution in [0.3, 0.4) is 0 Å². The van der Waals surface area contributed by atoms with Crippen molar-refractivity contribution in [2.24, 2.45) is 5.92 Å². The first-order valence-corrected chi connectivity index (χ1v) is 11.4. The smallest absolute Gasteiger partial charge is 0.0233 e. The molecule has 0 spiro atoms. The van der Waals surface area contributed by atoms with Crippen molar-refractivity contribution in [1.82, 2.24) is 10.2 Å². The van der Waals surface area contributed by atoms with E-state index in [9.17, 15) is 0 Å². The lowest BCUT2D eigenvalue weighted by molar-refractivity contribution is 0.306. The second-order valence-corrected chi connectivity index (χ2v) is 8.49. The van der Waals surface area contributed by atoms with E-state index in [4.69, 9.17) is 0 Å². The zero-order chi connectivity index (χ0) is 19.0. The van der Waals surface area contributed by atoms with E-state index >= 15 is 0 Å². The molecule has 0 aromatic carbocycles. The van der Waals surface area contributed by atoms with Crippen molar-refractivity contribution in [3.05, 3.63) is 23.3 Å². The van der Waals surface area contributed by atoms with Gasteiger partial charge in [0.05, 0.1) is 0 Å². The number of unbranched alkanes of at least 4 members (excludes halogenated alkanes) is 6. The van der Waals surface area contributed by atoms with Crippen LogP contribution in [-0.4, -0.2) is 37.6 Å². The van der Waals surface area contributed by atoms with Gasteiger partial charge in [0.2, 0.25) is 0 Å². The van der Waals surface area contributed by atoms with Crippen LogP contribution in [-0.2, 0) is 0 Å². The quantitative estimate of drug-likeness (QED) is 0.342. The topological polar surface area (TPSA) is 15.3 Å². The van der Waals surface area contributed by atoms with Crippen molar-refractivity contribution in [2.75, 3.05) is 32.7 Å². The Kier molecular flexibility index (Phi) is 13.9. The Labute approximate surface area is 164 Å². The lowest BCUT2D eigenvalue weighted by atomic mass is 10.0. The maximum absolute atomic E-state index is 3.64. The first kappa shape index (κ1) is 23.4. The molecule has 0 fully saturated rings. The van der Waals surface area contributed by atoms with Crippen LogP contribution in [0, 0.1) is 5.92 Å². The van der Waals surface area contributed by atoms with Crippen molar-refractivity contribution in [3.63, 3.8) is 0 Å². The monoisotopic (exact) mass is 362 g/mol. The number of hydrogen-bond acceptors (Lipinski definition) is 2. The molecular formula is C24H46N2. The maximum atomic E-state index is 3.64. The van der Waals surface area contributed by atoms with Gasteiger partial charge >= 0.3 is 0 Å². The molecule has 0 saturated heterocycles. The minimum absolute atomic E-state index is 0.775. The maximum Gasteiger partial charge on any atom is 0.0233 e.